The summed E-state index contributed by atoms with van der Waals surface area (Å²) in [5.41, 5.74) is 8.05. The number of nitriles is 1. The van der Waals surface area contributed by atoms with E-state index >= 15 is 0 Å². The SMILES string of the molecule is COCc1nc(N)cc(Oc2c(C)cc(C#N)cc2C)n1. The highest BCUT2D eigenvalue weighted by molar-refractivity contribution is 5.49. The van der Waals surface area contributed by atoms with Crippen LogP contribution < -0.4 is 10.5 Å². The van der Waals surface area contributed by atoms with Gasteiger partial charge in [0, 0.05) is 13.2 Å². The fourth-order valence-corrected chi connectivity index (χ4v) is 2.02. The van der Waals surface area contributed by atoms with E-state index in [2.05, 4.69) is 16.0 Å². The Bertz CT molecular complexity index is 684. The summed E-state index contributed by atoms with van der Waals surface area (Å²) in [4.78, 5) is 8.30. The van der Waals surface area contributed by atoms with Gasteiger partial charge in [0.15, 0.2) is 5.82 Å². The fraction of sp³-hybridized carbons (Fsp3) is 0.267. The average molecular weight is 284 g/mol. The Hall–Kier alpha value is -2.65. The molecule has 1 aromatic heterocycles. The normalized spacial score (nSPS) is 10.2. The Morgan fingerprint density at radius 3 is 2.43 bits per heavy atom. The third kappa shape index (κ3) is 3.46. The van der Waals surface area contributed by atoms with Crippen LogP contribution in [0.3, 0.4) is 0 Å². The van der Waals surface area contributed by atoms with Gasteiger partial charge in [0.25, 0.3) is 0 Å². The number of hydrogen-bond donors (Lipinski definition) is 1. The van der Waals surface area contributed by atoms with Crippen LogP contribution in [0.5, 0.6) is 11.6 Å². The first-order chi connectivity index (χ1) is 10.0. The fourth-order valence-electron chi connectivity index (χ4n) is 2.02. The van der Waals surface area contributed by atoms with E-state index in [1.165, 1.54) is 0 Å². The van der Waals surface area contributed by atoms with Gasteiger partial charge in [0.1, 0.15) is 18.2 Å². The number of ether oxygens (including phenoxy) is 2. The highest BCUT2D eigenvalue weighted by Crippen LogP contribution is 2.29. The summed E-state index contributed by atoms with van der Waals surface area (Å²) in [6.07, 6.45) is 0. The second-order valence-corrected chi connectivity index (χ2v) is 4.63. The Balaban J connectivity index is 2.36. The van der Waals surface area contributed by atoms with Crippen molar-refractivity contribution in [2.24, 2.45) is 0 Å². The molecule has 0 aliphatic heterocycles. The monoisotopic (exact) mass is 284 g/mol. The number of hydrogen-bond acceptors (Lipinski definition) is 6. The minimum absolute atomic E-state index is 0.257. The molecule has 0 radical (unpaired) electrons. The number of nitrogens with two attached hydrogens (primary N) is 1. The minimum Gasteiger partial charge on any atom is -0.438 e. The average Bonchev–Trinajstić information content (AvgIpc) is 2.42. The summed E-state index contributed by atoms with van der Waals surface area (Å²) in [6.45, 7) is 4.01. The lowest BCUT2D eigenvalue weighted by Gasteiger charge is -2.12. The highest BCUT2D eigenvalue weighted by atomic mass is 16.5. The number of benzene rings is 1. The number of aryl methyl sites for hydroxylation is 2. The van der Waals surface area contributed by atoms with Gasteiger partial charge < -0.3 is 15.2 Å². The van der Waals surface area contributed by atoms with Crippen molar-refractivity contribution in [1.29, 1.82) is 5.26 Å². The van der Waals surface area contributed by atoms with Crippen molar-refractivity contribution in [2.75, 3.05) is 12.8 Å². The molecule has 2 N–H and O–H groups in total. The third-order valence-electron chi connectivity index (χ3n) is 2.84. The van der Waals surface area contributed by atoms with Crippen molar-refractivity contribution in [1.82, 2.24) is 9.97 Å². The molecule has 21 heavy (non-hydrogen) atoms. The van der Waals surface area contributed by atoms with Crippen molar-refractivity contribution >= 4 is 5.82 Å². The van der Waals surface area contributed by atoms with Crippen LogP contribution in [0, 0.1) is 25.2 Å². The van der Waals surface area contributed by atoms with Gasteiger partial charge in [-0.3, -0.25) is 0 Å². The van der Waals surface area contributed by atoms with Crippen molar-refractivity contribution < 1.29 is 9.47 Å². The first-order valence-corrected chi connectivity index (χ1v) is 6.35. The van der Waals surface area contributed by atoms with E-state index < -0.39 is 0 Å². The smallest absolute Gasteiger partial charge is 0.224 e. The summed E-state index contributed by atoms with van der Waals surface area (Å²) < 4.78 is 10.8. The van der Waals surface area contributed by atoms with Crippen LogP contribution in [0.2, 0.25) is 0 Å². The molecule has 0 amide bonds. The lowest BCUT2D eigenvalue weighted by atomic mass is 10.1. The quantitative estimate of drug-likeness (QED) is 0.926. The summed E-state index contributed by atoms with van der Waals surface area (Å²) in [7, 11) is 1.56. The second kappa shape index (κ2) is 6.20. The number of rotatable bonds is 4. The van der Waals surface area contributed by atoms with E-state index in [1.807, 2.05) is 13.8 Å². The van der Waals surface area contributed by atoms with Crippen molar-refractivity contribution in [3.05, 3.63) is 40.7 Å². The largest absolute Gasteiger partial charge is 0.438 e. The third-order valence-corrected chi connectivity index (χ3v) is 2.84. The van der Waals surface area contributed by atoms with E-state index in [9.17, 15) is 0 Å². The van der Waals surface area contributed by atoms with Gasteiger partial charge >= 0.3 is 0 Å². The van der Waals surface area contributed by atoms with Crippen LogP contribution in [-0.2, 0) is 11.3 Å². The molecule has 0 spiro atoms. The first-order valence-electron chi connectivity index (χ1n) is 6.35. The zero-order valence-electron chi connectivity index (χ0n) is 12.2. The summed E-state index contributed by atoms with van der Waals surface area (Å²) in [6, 6.07) is 7.20. The van der Waals surface area contributed by atoms with Crippen LogP contribution in [0.25, 0.3) is 0 Å². The summed E-state index contributed by atoms with van der Waals surface area (Å²) in [5.74, 6) is 1.79. The van der Waals surface area contributed by atoms with E-state index in [0.717, 1.165) is 11.1 Å². The first kappa shape index (κ1) is 14.8. The molecule has 2 aromatic rings. The summed E-state index contributed by atoms with van der Waals surface area (Å²) in [5, 5.41) is 8.96. The van der Waals surface area contributed by atoms with Crippen molar-refractivity contribution in [3.8, 4) is 17.7 Å². The van der Waals surface area contributed by atoms with E-state index in [0.29, 0.717) is 28.8 Å². The van der Waals surface area contributed by atoms with Crippen LogP contribution in [0.1, 0.15) is 22.5 Å². The molecule has 1 heterocycles. The number of aromatic nitrogens is 2. The molecular formula is C15H16N4O2. The van der Waals surface area contributed by atoms with E-state index in [1.54, 1.807) is 25.3 Å². The summed E-state index contributed by atoms with van der Waals surface area (Å²) >= 11 is 0. The number of nitrogen functional groups attached to an aromatic ring is 1. The molecule has 0 bridgehead atoms. The predicted octanol–water partition coefficient (Wildman–Crippen LogP) is 2.49. The predicted molar refractivity (Wildman–Crippen MR) is 77.9 cm³/mol. The molecule has 1 aromatic carbocycles. The molecule has 0 aliphatic rings. The Morgan fingerprint density at radius 2 is 1.86 bits per heavy atom. The van der Waals surface area contributed by atoms with Crippen LogP contribution in [0.15, 0.2) is 18.2 Å². The van der Waals surface area contributed by atoms with Gasteiger partial charge in [-0.15, -0.1) is 0 Å². The van der Waals surface area contributed by atoms with Crippen LogP contribution in [0.4, 0.5) is 5.82 Å². The molecule has 0 fully saturated rings. The maximum Gasteiger partial charge on any atom is 0.224 e. The topological polar surface area (TPSA) is 94.0 Å². The second-order valence-electron chi connectivity index (χ2n) is 4.63. The molecule has 6 nitrogen and oxygen atoms in total. The molecule has 0 saturated carbocycles. The molecule has 6 heteroatoms. The van der Waals surface area contributed by atoms with E-state index in [4.69, 9.17) is 20.5 Å². The molecule has 0 aliphatic carbocycles. The lowest BCUT2D eigenvalue weighted by Crippen LogP contribution is -2.03. The molecule has 108 valence electrons. The molecular weight excluding hydrogens is 268 g/mol. The molecule has 2 rings (SSSR count). The van der Waals surface area contributed by atoms with Gasteiger partial charge in [-0.1, -0.05) is 0 Å². The maximum atomic E-state index is 8.96. The van der Waals surface area contributed by atoms with Gasteiger partial charge in [-0.05, 0) is 37.1 Å². The Labute approximate surface area is 123 Å². The number of anilines is 1. The Morgan fingerprint density at radius 1 is 1.19 bits per heavy atom. The number of nitrogens with zero attached hydrogens (tertiary/aromatic N) is 3. The highest BCUT2D eigenvalue weighted by Gasteiger charge is 2.10. The molecule has 0 atom stereocenters. The van der Waals surface area contributed by atoms with E-state index in [-0.39, 0.29) is 6.61 Å². The van der Waals surface area contributed by atoms with Gasteiger partial charge in [0.2, 0.25) is 5.88 Å². The van der Waals surface area contributed by atoms with Gasteiger partial charge in [-0.25, -0.2) is 4.98 Å². The van der Waals surface area contributed by atoms with Crippen molar-refractivity contribution in [2.45, 2.75) is 20.5 Å². The van der Waals surface area contributed by atoms with Crippen LogP contribution >= 0.6 is 0 Å². The van der Waals surface area contributed by atoms with Gasteiger partial charge in [0.05, 0.1) is 11.6 Å². The Kier molecular flexibility index (Phi) is 4.36. The zero-order valence-corrected chi connectivity index (χ0v) is 12.2. The standard InChI is InChI=1S/C15H16N4O2/c1-9-4-11(7-16)5-10(2)15(9)21-14-6-12(17)18-13(19-14)8-20-3/h4-6H,8H2,1-3H3,(H2,17,18,19). The zero-order chi connectivity index (χ0) is 15.4. The lowest BCUT2D eigenvalue weighted by molar-refractivity contribution is 0.177. The maximum absolute atomic E-state index is 8.96. The minimum atomic E-state index is 0.257. The number of methoxy groups -OCH3 is 1. The molecule has 0 saturated heterocycles. The van der Waals surface area contributed by atoms with Crippen LogP contribution in [-0.4, -0.2) is 17.1 Å². The van der Waals surface area contributed by atoms with Gasteiger partial charge in [-0.2, -0.15) is 10.2 Å². The van der Waals surface area contributed by atoms with Crippen molar-refractivity contribution in [3.63, 3.8) is 0 Å². The molecule has 0 unspecified atom stereocenters.